The Hall–Kier alpha value is -4.02. The van der Waals surface area contributed by atoms with E-state index in [2.05, 4.69) is 4.98 Å². The molecular weight excluding hydrogens is 452 g/mol. The Labute approximate surface area is 200 Å². The summed E-state index contributed by atoms with van der Waals surface area (Å²) in [5, 5.41) is 11.4. The maximum Gasteiger partial charge on any atom is 0.347 e. The number of hydrogen-bond donors (Lipinski definition) is 1. The van der Waals surface area contributed by atoms with Gasteiger partial charge in [0.25, 0.3) is 5.56 Å². The molecule has 10 nitrogen and oxygen atoms in total. The number of carbonyl (C=O) groups excluding carboxylic acids is 1. The average Bonchev–Trinajstić information content (AvgIpc) is 3.32. The van der Waals surface area contributed by atoms with Crippen LogP contribution in [0.2, 0.25) is 0 Å². The zero-order chi connectivity index (χ0) is 25.0. The van der Waals surface area contributed by atoms with Crippen LogP contribution in [0.5, 0.6) is 0 Å². The second-order valence-corrected chi connectivity index (χ2v) is 8.01. The molecule has 0 amide bonds. The van der Waals surface area contributed by atoms with E-state index in [1.54, 1.807) is 72.3 Å². The fraction of sp³-hybridized carbons (Fsp3) is 0.280. The van der Waals surface area contributed by atoms with Crippen molar-refractivity contribution in [1.82, 2.24) is 18.7 Å². The van der Waals surface area contributed by atoms with Gasteiger partial charge in [0.15, 0.2) is 11.2 Å². The van der Waals surface area contributed by atoms with Crippen LogP contribution in [-0.2, 0) is 40.5 Å². The lowest BCUT2D eigenvalue weighted by atomic mass is 9.86. The second kappa shape index (κ2) is 10.1. The first-order valence-corrected chi connectivity index (χ1v) is 11.0. The monoisotopic (exact) mass is 478 g/mol. The SMILES string of the molecule is Cn1c(=O)c2c(ncn2CCOCCOC(=O)C(O)(c2ccccc2)c2ccccc2)n(C)c1=O. The Kier molecular flexibility index (Phi) is 6.94. The van der Waals surface area contributed by atoms with Crippen molar-refractivity contribution in [3.8, 4) is 0 Å². The summed E-state index contributed by atoms with van der Waals surface area (Å²) in [5.74, 6) is -0.802. The van der Waals surface area contributed by atoms with E-state index >= 15 is 0 Å². The second-order valence-electron chi connectivity index (χ2n) is 8.01. The standard InChI is InChI=1S/C25H26N4O6/c1-27-21-20(22(30)28(2)24(27)32)29(17-26-21)13-14-34-15-16-35-23(31)25(33,18-9-5-3-6-10-18)19-11-7-4-8-12-19/h3-12,17,33H,13-16H2,1-2H3. The molecule has 2 heterocycles. The molecular formula is C25H26N4O6. The summed E-state index contributed by atoms with van der Waals surface area (Å²) in [6.45, 7) is 0.558. The molecule has 0 aliphatic heterocycles. The van der Waals surface area contributed by atoms with Gasteiger partial charge in [0.2, 0.25) is 5.60 Å². The number of fused-ring (bicyclic) bond motifs is 1. The predicted octanol–water partition coefficient (Wildman–Crippen LogP) is 0.930. The number of benzene rings is 2. The Morgan fingerprint density at radius 1 is 0.914 bits per heavy atom. The molecule has 0 saturated carbocycles. The van der Waals surface area contributed by atoms with Crippen LogP contribution in [0, 0.1) is 0 Å². The minimum absolute atomic E-state index is 0.0677. The Balaban J connectivity index is 1.36. The molecule has 0 unspecified atom stereocenters. The van der Waals surface area contributed by atoms with E-state index in [-0.39, 0.29) is 19.8 Å². The van der Waals surface area contributed by atoms with Gasteiger partial charge in [0, 0.05) is 20.6 Å². The Bertz CT molecular complexity index is 1400. The molecule has 10 heteroatoms. The molecule has 4 rings (SSSR count). The van der Waals surface area contributed by atoms with Gasteiger partial charge in [-0.25, -0.2) is 14.6 Å². The van der Waals surface area contributed by atoms with Crippen molar-refractivity contribution in [3.63, 3.8) is 0 Å². The first-order chi connectivity index (χ1) is 16.9. The lowest BCUT2D eigenvalue weighted by molar-refractivity contribution is -0.163. The molecule has 0 spiro atoms. The smallest absolute Gasteiger partial charge is 0.347 e. The third-order valence-corrected chi connectivity index (χ3v) is 5.83. The molecule has 0 aliphatic rings. The van der Waals surface area contributed by atoms with Crippen molar-refractivity contribution in [2.45, 2.75) is 12.1 Å². The fourth-order valence-electron chi connectivity index (χ4n) is 3.89. The average molecular weight is 479 g/mol. The molecule has 0 atom stereocenters. The van der Waals surface area contributed by atoms with Gasteiger partial charge in [-0.15, -0.1) is 0 Å². The molecule has 0 fully saturated rings. The topological polar surface area (TPSA) is 118 Å². The van der Waals surface area contributed by atoms with E-state index < -0.39 is 22.8 Å². The van der Waals surface area contributed by atoms with Gasteiger partial charge in [-0.3, -0.25) is 13.9 Å². The summed E-state index contributed by atoms with van der Waals surface area (Å²) < 4.78 is 14.9. The number of nitrogens with zero attached hydrogens (tertiary/aromatic N) is 4. The zero-order valence-electron chi connectivity index (χ0n) is 19.5. The van der Waals surface area contributed by atoms with Crippen molar-refractivity contribution in [1.29, 1.82) is 0 Å². The van der Waals surface area contributed by atoms with E-state index in [0.29, 0.717) is 28.8 Å². The molecule has 0 radical (unpaired) electrons. The van der Waals surface area contributed by atoms with Crippen LogP contribution in [0.25, 0.3) is 11.2 Å². The van der Waals surface area contributed by atoms with Crippen LogP contribution in [0.1, 0.15) is 11.1 Å². The van der Waals surface area contributed by atoms with Gasteiger partial charge < -0.3 is 19.1 Å². The van der Waals surface area contributed by atoms with E-state index in [0.717, 1.165) is 4.57 Å². The summed E-state index contributed by atoms with van der Waals surface area (Å²) in [5.41, 5.74) is -1.42. The van der Waals surface area contributed by atoms with Gasteiger partial charge in [-0.1, -0.05) is 60.7 Å². The van der Waals surface area contributed by atoms with Crippen molar-refractivity contribution in [2.24, 2.45) is 14.1 Å². The van der Waals surface area contributed by atoms with Gasteiger partial charge in [0.1, 0.15) is 6.61 Å². The first-order valence-electron chi connectivity index (χ1n) is 11.0. The van der Waals surface area contributed by atoms with Gasteiger partial charge in [0.05, 0.1) is 19.5 Å². The van der Waals surface area contributed by atoms with E-state index in [1.807, 2.05) is 0 Å². The highest BCUT2D eigenvalue weighted by Gasteiger charge is 2.41. The lowest BCUT2D eigenvalue weighted by Gasteiger charge is -2.27. The number of esters is 1. The molecule has 182 valence electrons. The van der Waals surface area contributed by atoms with Gasteiger partial charge in [-0.2, -0.15) is 0 Å². The molecule has 0 saturated heterocycles. The Morgan fingerprint density at radius 2 is 1.51 bits per heavy atom. The number of ether oxygens (including phenoxy) is 2. The van der Waals surface area contributed by atoms with Crippen molar-refractivity contribution in [2.75, 3.05) is 19.8 Å². The number of aryl methyl sites for hydroxylation is 1. The number of imidazole rings is 1. The maximum absolute atomic E-state index is 13.0. The summed E-state index contributed by atoms with van der Waals surface area (Å²) in [4.78, 5) is 41.7. The van der Waals surface area contributed by atoms with E-state index in [1.165, 1.54) is 17.9 Å². The Morgan fingerprint density at radius 3 is 2.11 bits per heavy atom. The number of aliphatic hydroxyl groups is 1. The normalized spacial score (nSPS) is 11.6. The summed E-state index contributed by atoms with van der Waals surface area (Å²) >= 11 is 0. The molecule has 0 bridgehead atoms. The molecule has 35 heavy (non-hydrogen) atoms. The zero-order valence-corrected chi connectivity index (χ0v) is 19.5. The highest BCUT2D eigenvalue weighted by atomic mass is 16.6. The number of rotatable bonds is 9. The van der Waals surface area contributed by atoms with Crippen LogP contribution < -0.4 is 11.2 Å². The van der Waals surface area contributed by atoms with Crippen LogP contribution >= 0.6 is 0 Å². The quantitative estimate of drug-likeness (QED) is 0.281. The largest absolute Gasteiger partial charge is 0.461 e. The summed E-state index contributed by atoms with van der Waals surface area (Å²) in [6.07, 6.45) is 1.48. The highest BCUT2D eigenvalue weighted by Crippen LogP contribution is 2.30. The lowest BCUT2D eigenvalue weighted by Crippen LogP contribution is -2.39. The minimum atomic E-state index is -1.95. The third kappa shape index (κ3) is 4.53. The van der Waals surface area contributed by atoms with E-state index in [9.17, 15) is 19.5 Å². The van der Waals surface area contributed by atoms with Crippen molar-refractivity contribution in [3.05, 3.63) is 99.0 Å². The number of hydrogen-bond acceptors (Lipinski definition) is 7. The maximum atomic E-state index is 13.0. The predicted molar refractivity (Wildman–Crippen MR) is 128 cm³/mol. The first kappa shape index (κ1) is 24.1. The third-order valence-electron chi connectivity index (χ3n) is 5.83. The highest BCUT2D eigenvalue weighted by molar-refractivity contribution is 5.85. The van der Waals surface area contributed by atoms with Crippen LogP contribution in [0.15, 0.2) is 76.6 Å². The molecule has 1 N–H and O–H groups in total. The van der Waals surface area contributed by atoms with Crippen LogP contribution in [0.4, 0.5) is 0 Å². The van der Waals surface area contributed by atoms with Crippen LogP contribution in [0.3, 0.4) is 0 Å². The van der Waals surface area contributed by atoms with Crippen molar-refractivity contribution < 1.29 is 19.4 Å². The van der Waals surface area contributed by atoms with Gasteiger partial charge in [-0.05, 0) is 11.1 Å². The van der Waals surface area contributed by atoms with Crippen molar-refractivity contribution >= 4 is 17.1 Å². The molecule has 4 aromatic rings. The summed E-state index contributed by atoms with van der Waals surface area (Å²) in [7, 11) is 2.97. The molecule has 2 aromatic heterocycles. The number of carbonyl (C=O) groups is 1. The number of aromatic nitrogens is 4. The van der Waals surface area contributed by atoms with Crippen LogP contribution in [-0.4, -0.2) is 49.6 Å². The molecule has 2 aromatic carbocycles. The molecule has 0 aliphatic carbocycles. The van der Waals surface area contributed by atoms with Gasteiger partial charge >= 0.3 is 11.7 Å². The minimum Gasteiger partial charge on any atom is -0.461 e. The fourth-order valence-corrected chi connectivity index (χ4v) is 3.89. The van der Waals surface area contributed by atoms with E-state index in [4.69, 9.17) is 9.47 Å². The summed E-state index contributed by atoms with van der Waals surface area (Å²) in [6, 6.07) is 17.2.